The molecule has 2 saturated heterocycles. The molecule has 8 rings (SSSR count). The maximum atomic E-state index is 14.0. The Balaban J connectivity index is 0.774. The zero-order valence-electron chi connectivity index (χ0n) is 36.0. The van der Waals surface area contributed by atoms with E-state index in [0.29, 0.717) is 55.1 Å². The van der Waals surface area contributed by atoms with Crippen LogP contribution in [0.5, 0.6) is 0 Å². The molecular formula is C48H52N6O9S2. The van der Waals surface area contributed by atoms with Gasteiger partial charge in [0, 0.05) is 54.5 Å². The van der Waals surface area contributed by atoms with Gasteiger partial charge in [0.1, 0.15) is 6.04 Å². The molecule has 65 heavy (non-hydrogen) atoms. The Bertz CT molecular complexity index is 2640. The molecule has 0 aliphatic carbocycles. The summed E-state index contributed by atoms with van der Waals surface area (Å²) in [5.41, 5.74) is 5.44. The normalized spacial score (nSPS) is 20.4. The summed E-state index contributed by atoms with van der Waals surface area (Å²) in [6, 6.07) is 23.5. The first-order valence-corrected chi connectivity index (χ1v) is 24.5. The van der Waals surface area contributed by atoms with Gasteiger partial charge < -0.3 is 21.1 Å². The number of amides is 6. The van der Waals surface area contributed by atoms with Crippen molar-refractivity contribution in [3.05, 3.63) is 107 Å². The lowest BCUT2D eigenvalue weighted by molar-refractivity contribution is -0.136. The highest BCUT2D eigenvalue weighted by atomic mass is 32.2. The van der Waals surface area contributed by atoms with Gasteiger partial charge in [-0.1, -0.05) is 42.0 Å². The Hall–Kier alpha value is -5.88. The molecule has 4 aromatic carbocycles. The number of carbonyl (C=O) groups is 6. The number of anilines is 2. The topological polar surface area (TPSA) is 211 Å². The molecule has 15 nitrogen and oxygen atoms in total. The van der Waals surface area contributed by atoms with E-state index in [1.807, 2.05) is 49.4 Å². The van der Waals surface area contributed by atoms with Crippen LogP contribution in [-0.2, 0) is 29.2 Å². The highest BCUT2D eigenvalue weighted by Gasteiger charge is 2.49. The average molecular weight is 921 g/mol. The Morgan fingerprint density at radius 2 is 1.60 bits per heavy atom. The molecule has 5 N–H and O–H groups in total. The van der Waals surface area contributed by atoms with Crippen molar-refractivity contribution in [2.24, 2.45) is 5.92 Å². The van der Waals surface area contributed by atoms with E-state index in [2.05, 4.69) is 21.3 Å². The van der Waals surface area contributed by atoms with Crippen molar-refractivity contribution >= 4 is 68.6 Å². The Labute approximate surface area is 382 Å². The van der Waals surface area contributed by atoms with Crippen molar-refractivity contribution in [2.75, 3.05) is 36.1 Å². The van der Waals surface area contributed by atoms with Gasteiger partial charge in [-0.15, -0.1) is 11.8 Å². The molecule has 6 amide bonds. The molecule has 0 bridgehead atoms. The second-order valence-corrected chi connectivity index (χ2v) is 20.0. The summed E-state index contributed by atoms with van der Waals surface area (Å²) >= 11 is 1.43. The van der Waals surface area contributed by atoms with Crippen LogP contribution in [0, 0.1) is 12.8 Å². The highest BCUT2D eigenvalue weighted by molar-refractivity contribution is 7.99. The Morgan fingerprint density at radius 1 is 0.846 bits per heavy atom. The van der Waals surface area contributed by atoms with E-state index in [0.717, 1.165) is 39.3 Å². The lowest BCUT2D eigenvalue weighted by Gasteiger charge is -2.39. The van der Waals surface area contributed by atoms with E-state index < -0.39 is 45.7 Å². The van der Waals surface area contributed by atoms with Crippen LogP contribution in [0.4, 0.5) is 11.4 Å². The molecular weight excluding hydrogens is 869 g/mol. The molecule has 0 aromatic heterocycles. The molecule has 340 valence electrons. The first-order valence-electron chi connectivity index (χ1n) is 22.1. The molecule has 0 radical (unpaired) electrons. The van der Waals surface area contributed by atoms with Gasteiger partial charge in [-0.2, -0.15) is 4.31 Å². The molecule has 0 spiro atoms. The summed E-state index contributed by atoms with van der Waals surface area (Å²) in [7, 11) is -3.81. The van der Waals surface area contributed by atoms with Crippen LogP contribution >= 0.6 is 11.8 Å². The maximum Gasteiger partial charge on any atom is 0.263 e. The van der Waals surface area contributed by atoms with E-state index in [1.54, 1.807) is 46.8 Å². The number of sulfonamides is 1. The second kappa shape index (κ2) is 19.7. The third kappa shape index (κ3) is 9.74. The highest BCUT2D eigenvalue weighted by Crippen LogP contribution is 2.49. The summed E-state index contributed by atoms with van der Waals surface area (Å²) in [4.78, 5) is 77.8. The van der Waals surface area contributed by atoms with Gasteiger partial charge in [-0.05, 0) is 116 Å². The van der Waals surface area contributed by atoms with Gasteiger partial charge in [-0.3, -0.25) is 39.0 Å². The van der Waals surface area contributed by atoms with Gasteiger partial charge in [0.15, 0.2) is 0 Å². The summed E-state index contributed by atoms with van der Waals surface area (Å²) in [6.07, 6.45) is 3.78. The van der Waals surface area contributed by atoms with Crippen LogP contribution in [0.2, 0.25) is 0 Å². The van der Waals surface area contributed by atoms with E-state index in [4.69, 9.17) is 0 Å². The molecule has 4 heterocycles. The fourth-order valence-corrected chi connectivity index (χ4v) is 12.0. The molecule has 4 aliphatic heterocycles. The monoisotopic (exact) mass is 920 g/mol. The van der Waals surface area contributed by atoms with Gasteiger partial charge >= 0.3 is 0 Å². The number of piperidine rings is 1. The molecule has 4 atom stereocenters. The van der Waals surface area contributed by atoms with Crippen LogP contribution in [-0.4, -0.2) is 95.7 Å². The van der Waals surface area contributed by atoms with Crippen molar-refractivity contribution in [1.82, 2.24) is 19.8 Å². The number of benzene rings is 4. The van der Waals surface area contributed by atoms with Crippen LogP contribution < -0.4 is 21.3 Å². The third-order valence-electron chi connectivity index (χ3n) is 12.6. The number of rotatable bonds is 17. The van der Waals surface area contributed by atoms with Crippen molar-refractivity contribution in [2.45, 2.75) is 92.6 Å². The number of aliphatic hydroxyl groups excluding tert-OH is 1. The lowest BCUT2D eigenvalue weighted by atomic mass is 9.82. The predicted molar refractivity (Wildman–Crippen MR) is 245 cm³/mol. The minimum Gasteiger partial charge on any atom is -0.394 e. The van der Waals surface area contributed by atoms with Crippen molar-refractivity contribution in [1.29, 1.82) is 0 Å². The Kier molecular flexibility index (Phi) is 13.8. The predicted octanol–water partition coefficient (Wildman–Crippen LogP) is 5.79. The van der Waals surface area contributed by atoms with Gasteiger partial charge in [0.05, 0.1) is 34.7 Å². The number of thioether (sulfide) groups is 1. The van der Waals surface area contributed by atoms with E-state index in [9.17, 15) is 42.3 Å². The van der Waals surface area contributed by atoms with Crippen molar-refractivity contribution < 1.29 is 42.3 Å². The molecule has 2 fully saturated rings. The van der Waals surface area contributed by atoms with Crippen LogP contribution in [0.15, 0.2) is 94.7 Å². The standard InChI is InChI=1S/C48H52N6O9S2/c1-29-14-17-33(18-15-29)65(62,63)53-24-22-34-38(28-55)51-37-19-16-31(27-36(37)45(34)53)30-8-6-9-32(26-30)50-42(57)13-3-2-12-41(56)49-23-4-5-25-64-40-11-7-10-35-44(40)48(61)54(47(35)60)39-20-21-43(58)52-46(39)59/h6-11,14-19,26-27,34,38-39,45,51,55H,2-5,12-13,20-25,28H2,1H3,(H,49,56)(H,50,57)(H,52,58,59)/t34-,38+,39?,45-/m1/s1. The molecule has 0 saturated carbocycles. The number of imide groups is 2. The number of nitrogens with one attached hydrogen (secondary N) is 4. The van der Waals surface area contributed by atoms with Gasteiger partial charge in [0.2, 0.25) is 33.7 Å². The molecule has 4 aliphatic rings. The van der Waals surface area contributed by atoms with Crippen molar-refractivity contribution in [3.63, 3.8) is 0 Å². The first-order chi connectivity index (χ1) is 31.3. The molecule has 1 unspecified atom stereocenters. The Morgan fingerprint density at radius 3 is 2.37 bits per heavy atom. The van der Waals surface area contributed by atoms with Gasteiger partial charge in [-0.25, -0.2) is 8.42 Å². The SMILES string of the molecule is Cc1ccc(S(=O)(=O)N2CC[C@@H]3[C@H](CO)Nc4ccc(-c5cccc(NC(=O)CCCCC(=O)NCCCCSc6cccc7c6C(=O)N(C6CCC(=O)NC6=O)C7=O)c5)cc4[C@@H]32)cc1. The van der Waals surface area contributed by atoms with E-state index in [1.165, 1.54) is 11.8 Å². The fourth-order valence-electron chi connectivity index (χ4n) is 9.22. The number of aryl methyl sites for hydroxylation is 1. The van der Waals surface area contributed by atoms with Gasteiger partial charge in [0.25, 0.3) is 11.8 Å². The number of fused-ring (bicyclic) bond motifs is 4. The third-order valence-corrected chi connectivity index (χ3v) is 15.6. The van der Waals surface area contributed by atoms with E-state index >= 15 is 0 Å². The smallest absolute Gasteiger partial charge is 0.263 e. The number of nitrogens with zero attached hydrogens (tertiary/aromatic N) is 2. The molecule has 17 heteroatoms. The van der Waals surface area contributed by atoms with Crippen LogP contribution in [0.3, 0.4) is 0 Å². The molecule has 4 aromatic rings. The fraction of sp³-hybridized carbons (Fsp3) is 0.375. The van der Waals surface area contributed by atoms with Crippen molar-refractivity contribution in [3.8, 4) is 11.1 Å². The number of carbonyl (C=O) groups excluding carboxylic acids is 6. The summed E-state index contributed by atoms with van der Waals surface area (Å²) in [5, 5.41) is 21.8. The van der Waals surface area contributed by atoms with Crippen LogP contribution in [0.1, 0.15) is 95.7 Å². The maximum absolute atomic E-state index is 14.0. The number of hydrogen-bond acceptors (Lipinski definition) is 11. The average Bonchev–Trinajstić information content (AvgIpc) is 3.86. The lowest BCUT2D eigenvalue weighted by Crippen LogP contribution is -2.54. The van der Waals surface area contributed by atoms with Crippen LogP contribution in [0.25, 0.3) is 11.1 Å². The minimum atomic E-state index is -3.81. The van der Waals surface area contributed by atoms with E-state index in [-0.39, 0.29) is 72.1 Å². The number of aliphatic hydroxyl groups is 1. The summed E-state index contributed by atoms with van der Waals surface area (Å²) < 4.78 is 29.6. The number of unbranched alkanes of at least 4 members (excludes halogenated alkanes) is 2. The zero-order chi connectivity index (χ0) is 45.8. The minimum absolute atomic E-state index is 0.0545. The second-order valence-electron chi connectivity index (χ2n) is 16.9. The summed E-state index contributed by atoms with van der Waals surface area (Å²) in [5.74, 6) is -1.90. The summed E-state index contributed by atoms with van der Waals surface area (Å²) in [6.45, 7) is 2.61. The quantitative estimate of drug-likeness (QED) is 0.0486. The number of hydrogen-bond donors (Lipinski definition) is 5. The zero-order valence-corrected chi connectivity index (χ0v) is 37.6. The first kappa shape index (κ1) is 45.7. The largest absolute Gasteiger partial charge is 0.394 e.